The van der Waals surface area contributed by atoms with Crippen LogP contribution in [0.4, 0.5) is 0 Å². The number of rotatable bonds is 5. The summed E-state index contributed by atoms with van der Waals surface area (Å²) in [6, 6.07) is 0. The van der Waals surface area contributed by atoms with Gasteiger partial charge in [0.1, 0.15) is 6.61 Å². The third-order valence-electron chi connectivity index (χ3n) is 2.18. The SMILES string of the molecule is C/C=C/CN(C/C=C/C)C(=O)C1=NCCO1. The van der Waals surface area contributed by atoms with Crippen LogP contribution < -0.4 is 0 Å². The molecule has 0 fully saturated rings. The van der Waals surface area contributed by atoms with Crippen LogP contribution in [0.25, 0.3) is 0 Å². The maximum Gasteiger partial charge on any atom is 0.309 e. The zero-order valence-corrected chi connectivity index (χ0v) is 9.85. The summed E-state index contributed by atoms with van der Waals surface area (Å²) < 4.78 is 5.17. The smallest absolute Gasteiger partial charge is 0.309 e. The molecule has 0 saturated carbocycles. The Bertz CT molecular complexity index is 305. The van der Waals surface area contributed by atoms with Gasteiger partial charge in [-0.1, -0.05) is 24.3 Å². The lowest BCUT2D eigenvalue weighted by atomic mass is 10.3. The van der Waals surface area contributed by atoms with Crippen LogP contribution in [0.2, 0.25) is 0 Å². The van der Waals surface area contributed by atoms with Crippen molar-refractivity contribution in [1.29, 1.82) is 0 Å². The zero-order chi connectivity index (χ0) is 11.8. The van der Waals surface area contributed by atoms with Crippen molar-refractivity contribution in [3.63, 3.8) is 0 Å². The molecule has 0 bridgehead atoms. The summed E-state index contributed by atoms with van der Waals surface area (Å²) in [6.07, 6.45) is 7.73. The van der Waals surface area contributed by atoms with Gasteiger partial charge in [0.25, 0.3) is 5.90 Å². The molecule has 0 aromatic carbocycles. The van der Waals surface area contributed by atoms with Crippen LogP contribution in [0.1, 0.15) is 13.8 Å². The fraction of sp³-hybridized carbons (Fsp3) is 0.500. The summed E-state index contributed by atoms with van der Waals surface area (Å²) in [7, 11) is 0. The highest BCUT2D eigenvalue weighted by molar-refractivity contribution is 6.35. The lowest BCUT2D eigenvalue weighted by Gasteiger charge is -2.18. The predicted octanol–water partition coefficient (Wildman–Crippen LogP) is 1.40. The number of allylic oxidation sites excluding steroid dienone is 2. The standard InChI is InChI=1S/C12H18N2O2/c1-3-5-8-14(9-6-4-2)12(15)11-13-7-10-16-11/h3-6H,7-10H2,1-2H3/b5-3+,6-4+. The van der Waals surface area contributed by atoms with Crippen LogP contribution in [0, 0.1) is 0 Å². The van der Waals surface area contributed by atoms with E-state index in [0.717, 1.165) is 0 Å². The molecule has 0 aromatic heterocycles. The van der Waals surface area contributed by atoms with Gasteiger partial charge in [-0.25, -0.2) is 4.99 Å². The van der Waals surface area contributed by atoms with Crippen molar-refractivity contribution < 1.29 is 9.53 Å². The maximum atomic E-state index is 12.0. The van der Waals surface area contributed by atoms with Crippen molar-refractivity contribution in [1.82, 2.24) is 4.90 Å². The van der Waals surface area contributed by atoms with Gasteiger partial charge in [0, 0.05) is 13.1 Å². The first-order valence-corrected chi connectivity index (χ1v) is 5.48. The van der Waals surface area contributed by atoms with Gasteiger partial charge in [0.15, 0.2) is 0 Å². The van der Waals surface area contributed by atoms with E-state index < -0.39 is 0 Å². The molecule has 1 aliphatic rings. The van der Waals surface area contributed by atoms with Crippen molar-refractivity contribution in [2.75, 3.05) is 26.2 Å². The van der Waals surface area contributed by atoms with E-state index in [1.165, 1.54) is 0 Å². The van der Waals surface area contributed by atoms with Crippen LogP contribution in [0.3, 0.4) is 0 Å². The van der Waals surface area contributed by atoms with Gasteiger partial charge >= 0.3 is 5.91 Å². The summed E-state index contributed by atoms with van der Waals surface area (Å²) in [4.78, 5) is 17.7. The summed E-state index contributed by atoms with van der Waals surface area (Å²) in [6.45, 7) is 6.14. The molecule has 1 heterocycles. The van der Waals surface area contributed by atoms with Gasteiger partial charge in [-0.15, -0.1) is 0 Å². The summed E-state index contributed by atoms with van der Waals surface area (Å²) in [5, 5.41) is 0. The van der Waals surface area contributed by atoms with Crippen LogP contribution in [-0.2, 0) is 9.53 Å². The van der Waals surface area contributed by atoms with E-state index in [9.17, 15) is 4.79 Å². The number of hydrogen-bond donors (Lipinski definition) is 0. The van der Waals surface area contributed by atoms with Crippen LogP contribution >= 0.6 is 0 Å². The van der Waals surface area contributed by atoms with Crippen LogP contribution in [0.15, 0.2) is 29.3 Å². The summed E-state index contributed by atoms with van der Waals surface area (Å²) in [5.41, 5.74) is 0. The highest BCUT2D eigenvalue weighted by Crippen LogP contribution is 2.01. The Morgan fingerprint density at radius 3 is 2.44 bits per heavy atom. The molecule has 0 radical (unpaired) electrons. The quantitative estimate of drug-likeness (QED) is 0.660. The Hall–Kier alpha value is -1.58. The van der Waals surface area contributed by atoms with Gasteiger partial charge in [-0.2, -0.15) is 0 Å². The number of aliphatic imine (C=N–C) groups is 1. The van der Waals surface area contributed by atoms with E-state index in [2.05, 4.69) is 4.99 Å². The minimum atomic E-state index is -0.131. The molecule has 0 unspecified atom stereocenters. The molecule has 16 heavy (non-hydrogen) atoms. The maximum absolute atomic E-state index is 12.0. The number of carbonyl (C=O) groups excluding carboxylic acids is 1. The Morgan fingerprint density at radius 1 is 1.38 bits per heavy atom. The zero-order valence-electron chi connectivity index (χ0n) is 9.85. The van der Waals surface area contributed by atoms with Gasteiger partial charge in [-0.05, 0) is 13.8 Å². The van der Waals surface area contributed by atoms with Crippen LogP contribution in [0.5, 0.6) is 0 Å². The molecule has 0 saturated heterocycles. The first-order chi connectivity index (χ1) is 7.79. The second-order valence-corrected chi connectivity index (χ2v) is 3.38. The molecular formula is C12H18N2O2. The van der Waals surface area contributed by atoms with E-state index >= 15 is 0 Å². The topological polar surface area (TPSA) is 41.9 Å². The first-order valence-electron chi connectivity index (χ1n) is 5.48. The van der Waals surface area contributed by atoms with Crippen molar-refractivity contribution >= 4 is 11.8 Å². The van der Waals surface area contributed by atoms with Crippen molar-refractivity contribution in [3.8, 4) is 0 Å². The van der Waals surface area contributed by atoms with E-state index in [-0.39, 0.29) is 11.8 Å². The van der Waals surface area contributed by atoms with E-state index in [0.29, 0.717) is 26.2 Å². The van der Waals surface area contributed by atoms with Crippen molar-refractivity contribution in [2.24, 2.45) is 4.99 Å². The van der Waals surface area contributed by atoms with Gasteiger partial charge in [0.2, 0.25) is 0 Å². The molecule has 1 rings (SSSR count). The highest BCUT2D eigenvalue weighted by atomic mass is 16.5. The second-order valence-electron chi connectivity index (χ2n) is 3.38. The average Bonchev–Trinajstić information content (AvgIpc) is 2.82. The lowest BCUT2D eigenvalue weighted by molar-refractivity contribution is -0.124. The fourth-order valence-corrected chi connectivity index (χ4v) is 1.31. The normalized spacial score (nSPS) is 15.5. The second kappa shape index (κ2) is 6.82. The first kappa shape index (κ1) is 12.5. The molecular weight excluding hydrogens is 204 g/mol. The third kappa shape index (κ3) is 3.53. The summed E-state index contributed by atoms with van der Waals surface area (Å²) >= 11 is 0. The molecule has 0 aromatic rings. The molecule has 88 valence electrons. The van der Waals surface area contributed by atoms with Gasteiger partial charge < -0.3 is 9.64 Å². The minimum Gasteiger partial charge on any atom is -0.472 e. The molecule has 1 amide bonds. The number of hydrogen-bond acceptors (Lipinski definition) is 3. The molecule has 0 spiro atoms. The Labute approximate surface area is 96.3 Å². The predicted molar refractivity (Wildman–Crippen MR) is 64.5 cm³/mol. The fourth-order valence-electron chi connectivity index (χ4n) is 1.31. The van der Waals surface area contributed by atoms with Crippen molar-refractivity contribution in [3.05, 3.63) is 24.3 Å². The minimum absolute atomic E-state index is 0.131. The molecule has 0 aliphatic carbocycles. The monoisotopic (exact) mass is 222 g/mol. The largest absolute Gasteiger partial charge is 0.472 e. The average molecular weight is 222 g/mol. The van der Waals surface area contributed by atoms with E-state index in [1.807, 2.05) is 38.2 Å². The number of nitrogens with zero attached hydrogens (tertiary/aromatic N) is 2. The number of ether oxygens (including phenoxy) is 1. The Balaban J connectivity index is 2.62. The summed E-state index contributed by atoms with van der Waals surface area (Å²) in [5.74, 6) is 0.114. The van der Waals surface area contributed by atoms with E-state index in [4.69, 9.17) is 4.74 Å². The van der Waals surface area contributed by atoms with E-state index in [1.54, 1.807) is 4.90 Å². The Morgan fingerprint density at radius 2 is 2.00 bits per heavy atom. The molecule has 0 atom stereocenters. The molecule has 4 heteroatoms. The van der Waals surface area contributed by atoms with Gasteiger partial charge in [-0.3, -0.25) is 4.79 Å². The molecule has 1 aliphatic heterocycles. The van der Waals surface area contributed by atoms with Gasteiger partial charge in [0.05, 0.1) is 6.54 Å². The number of carbonyl (C=O) groups is 1. The lowest BCUT2D eigenvalue weighted by Crippen LogP contribution is -2.37. The van der Waals surface area contributed by atoms with Crippen molar-refractivity contribution in [2.45, 2.75) is 13.8 Å². The third-order valence-corrected chi connectivity index (χ3v) is 2.18. The molecule has 0 N–H and O–H groups in total. The molecule has 4 nitrogen and oxygen atoms in total. The van der Waals surface area contributed by atoms with Crippen LogP contribution in [-0.4, -0.2) is 42.9 Å². The highest BCUT2D eigenvalue weighted by Gasteiger charge is 2.22. The Kier molecular flexibility index (Phi) is 5.32. The number of amides is 1.